The predicted octanol–water partition coefficient (Wildman–Crippen LogP) is 4.71. The number of nitrogens with zero attached hydrogens (tertiary/aromatic N) is 4. The molecule has 1 aromatic heterocycles. The van der Waals surface area contributed by atoms with E-state index in [2.05, 4.69) is 15.6 Å². The van der Waals surface area contributed by atoms with Crippen LogP contribution in [-0.4, -0.2) is 38.5 Å². The zero-order chi connectivity index (χ0) is 27.5. The van der Waals surface area contributed by atoms with Crippen LogP contribution in [0.5, 0.6) is 11.5 Å². The number of amides is 2. The molecule has 10 heteroatoms. The van der Waals surface area contributed by atoms with Gasteiger partial charge in [0.15, 0.2) is 11.5 Å². The lowest BCUT2D eigenvalue weighted by molar-refractivity contribution is -0.140. The van der Waals surface area contributed by atoms with E-state index in [9.17, 15) is 14.0 Å². The Kier molecular flexibility index (Phi) is 6.80. The number of ether oxygens (including phenoxy) is 2. The van der Waals surface area contributed by atoms with Crippen LogP contribution in [0.3, 0.4) is 0 Å². The smallest absolute Gasteiger partial charge is 0.251 e. The molecule has 2 heterocycles. The van der Waals surface area contributed by atoms with Crippen molar-refractivity contribution >= 4 is 28.5 Å². The Bertz CT molecular complexity index is 1690. The van der Waals surface area contributed by atoms with Gasteiger partial charge in [0.05, 0.1) is 5.52 Å². The standard InChI is InChI=1S/C30H24FN5O4/c31-23-11-5-4-10-21(23)17-35(28(37)18-36-25-13-7-6-12-24(25)33-34-36)29(20-8-2-1-3-9-20)30(38)32-22-14-15-26-27(16-22)40-19-39-26/h1-16,29H,17-19H2,(H,32,38). The van der Waals surface area contributed by atoms with Gasteiger partial charge in [0, 0.05) is 23.9 Å². The zero-order valence-electron chi connectivity index (χ0n) is 21.2. The van der Waals surface area contributed by atoms with Crippen molar-refractivity contribution in [2.24, 2.45) is 0 Å². The minimum atomic E-state index is -1.09. The van der Waals surface area contributed by atoms with Gasteiger partial charge in [-0.1, -0.05) is 65.9 Å². The number of aromatic nitrogens is 3. The van der Waals surface area contributed by atoms with Crippen molar-refractivity contribution in [2.75, 3.05) is 12.1 Å². The third-order valence-electron chi connectivity index (χ3n) is 6.64. The monoisotopic (exact) mass is 537 g/mol. The third-order valence-corrected chi connectivity index (χ3v) is 6.64. The number of nitrogens with one attached hydrogen (secondary N) is 1. The normalized spacial score (nSPS) is 12.7. The van der Waals surface area contributed by atoms with E-state index in [-0.39, 0.29) is 25.4 Å². The molecular formula is C30H24FN5O4. The molecule has 0 aliphatic carbocycles. The van der Waals surface area contributed by atoms with E-state index >= 15 is 0 Å². The summed E-state index contributed by atoms with van der Waals surface area (Å²) < 4.78 is 27.1. The van der Waals surface area contributed by atoms with Gasteiger partial charge in [0.2, 0.25) is 12.7 Å². The second-order valence-corrected chi connectivity index (χ2v) is 9.22. The average Bonchev–Trinajstić information content (AvgIpc) is 3.61. The topological polar surface area (TPSA) is 98.6 Å². The fourth-order valence-corrected chi connectivity index (χ4v) is 4.68. The highest BCUT2D eigenvalue weighted by atomic mass is 19.1. The lowest BCUT2D eigenvalue weighted by atomic mass is 10.0. The molecule has 1 aliphatic heterocycles. The molecule has 0 bridgehead atoms. The van der Waals surface area contributed by atoms with Gasteiger partial charge in [-0.25, -0.2) is 9.07 Å². The molecule has 0 radical (unpaired) electrons. The van der Waals surface area contributed by atoms with Gasteiger partial charge in [0.25, 0.3) is 5.91 Å². The Morgan fingerprint density at radius 3 is 2.52 bits per heavy atom. The number of carbonyl (C=O) groups excluding carboxylic acids is 2. The summed E-state index contributed by atoms with van der Waals surface area (Å²) in [5, 5.41) is 11.2. The second-order valence-electron chi connectivity index (χ2n) is 9.22. The molecule has 0 saturated heterocycles. The van der Waals surface area contributed by atoms with Crippen molar-refractivity contribution in [3.8, 4) is 11.5 Å². The number of hydrogen-bond donors (Lipinski definition) is 1. The van der Waals surface area contributed by atoms with Gasteiger partial charge in [-0.15, -0.1) is 5.10 Å². The van der Waals surface area contributed by atoms with E-state index in [1.54, 1.807) is 66.7 Å². The highest BCUT2D eigenvalue weighted by molar-refractivity contribution is 5.98. The van der Waals surface area contributed by atoms with Crippen LogP contribution in [0, 0.1) is 5.82 Å². The summed E-state index contributed by atoms with van der Waals surface area (Å²) in [6, 6.07) is 26.3. The summed E-state index contributed by atoms with van der Waals surface area (Å²) in [4.78, 5) is 29.3. The summed E-state index contributed by atoms with van der Waals surface area (Å²) in [7, 11) is 0. The van der Waals surface area contributed by atoms with Crippen molar-refractivity contribution in [3.05, 3.63) is 114 Å². The first kappa shape index (κ1) is 25.1. The molecule has 0 spiro atoms. The maximum absolute atomic E-state index is 14.8. The molecule has 40 heavy (non-hydrogen) atoms. The van der Waals surface area contributed by atoms with E-state index in [4.69, 9.17) is 9.47 Å². The van der Waals surface area contributed by atoms with E-state index < -0.39 is 23.7 Å². The first-order valence-electron chi connectivity index (χ1n) is 12.6. The highest BCUT2D eigenvalue weighted by Crippen LogP contribution is 2.35. The number of hydrogen-bond acceptors (Lipinski definition) is 6. The van der Waals surface area contributed by atoms with E-state index in [1.807, 2.05) is 24.3 Å². The fourth-order valence-electron chi connectivity index (χ4n) is 4.68. The molecule has 0 saturated carbocycles. The summed E-state index contributed by atoms with van der Waals surface area (Å²) >= 11 is 0. The molecule has 5 aromatic rings. The molecule has 4 aromatic carbocycles. The van der Waals surface area contributed by atoms with Crippen LogP contribution in [0.15, 0.2) is 97.1 Å². The Hall–Kier alpha value is -5.25. The van der Waals surface area contributed by atoms with E-state index in [1.165, 1.54) is 15.6 Å². The molecule has 200 valence electrons. The van der Waals surface area contributed by atoms with Crippen molar-refractivity contribution in [1.29, 1.82) is 0 Å². The van der Waals surface area contributed by atoms with E-state index in [0.717, 1.165) is 0 Å². The predicted molar refractivity (Wildman–Crippen MR) is 145 cm³/mol. The van der Waals surface area contributed by atoms with Gasteiger partial charge in [-0.2, -0.15) is 0 Å². The minimum Gasteiger partial charge on any atom is -0.454 e. The van der Waals surface area contributed by atoms with Crippen molar-refractivity contribution in [1.82, 2.24) is 19.9 Å². The quantitative estimate of drug-likeness (QED) is 0.308. The number of rotatable bonds is 8. The van der Waals surface area contributed by atoms with Crippen LogP contribution in [0.25, 0.3) is 11.0 Å². The van der Waals surface area contributed by atoms with Crippen molar-refractivity contribution < 1.29 is 23.5 Å². The first-order chi connectivity index (χ1) is 19.6. The number of halogens is 1. The Balaban J connectivity index is 1.38. The van der Waals surface area contributed by atoms with Crippen LogP contribution in [-0.2, 0) is 22.7 Å². The third kappa shape index (κ3) is 5.06. The van der Waals surface area contributed by atoms with Crippen LogP contribution in [0.1, 0.15) is 17.2 Å². The molecule has 1 aliphatic rings. The van der Waals surface area contributed by atoms with Crippen LogP contribution < -0.4 is 14.8 Å². The van der Waals surface area contributed by atoms with Crippen LogP contribution in [0.4, 0.5) is 10.1 Å². The first-order valence-corrected chi connectivity index (χ1v) is 12.6. The highest BCUT2D eigenvalue weighted by Gasteiger charge is 2.33. The summed E-state index contributed by atoms with van der Waals surface area (Å²) in [5.74, 6) is -0.304. The average molecular weight is 538 g/mol. The summed E-state index contributed by atoms with van der Waals surface area (Å²) in [6.45, 7) is -0.247. The minimum absolute atomic E-state index is 0.0985. The molecule has 2 amide bonds. The van der Waals surface area contributed by atoms with Crippen molar-refractivity contribution in [2.45, 2.75) is 19.1 Å². The molecule has 1 unspecified atom stereocenters. The number of carbonyl (C=O) groups is 2. The number of benzene rings is 4. The SMILES string of the molecule is O=C(Nc1ccc2c(c1)OCO2)C(c1ccccc1)N(Cc1ccccc1F)C(=O)Cn1nnc2ccccc21. The molecule has 0 fully saturated rings. The summed E-state index contributed by atoms with van der Waals surface area (Å²) in [5.41, 5.74) is 2.61. The lowest BCUT2D eigenvalue weighted by Crippen LogP contribution is -2.42. The maximum Gasteiger partial charge on any atom is 0.251 e. The van der Waals surface area contributed by atoms with Crippen LogP contribution >= 0.6 is 0 Å². The molecule has 9 nitrogen and oxygen atoms in total. The molecule has 1 N–H and O–H groups in total. The summed E-state index contributed by atoms with van der Waals surface area (Å²) in [6.07, 6.45) is 0. The number of para-hydroxylation sites is 1. The second kappa shape index (κ2) is 10.9. The number of anilines is 1. The van der Waals surface area contributed by atoms with E-state index in [0.29, 0.717) is 33.8 Å². The maximum atomic E-state index is 14.8. The van der Waals surface area contributed by atoms with Gasteiger partial charge >= 0.3 is 0 Å². The lowest BCUT2D eigenvalue weighted by Gasteiger charge is -2.31. The fraction of sp³-hybridized carbons (Fsp3) is 0.133. The molecular weight excluding hydrogens is 513 g/mol. The number of fused-ring (bicyclic) bond motifs is 2. The Morgan fingerprint density at radius 2 is 1.68 bits per heavy atom. The zero-order valence-corrected chi connectivity index (χ0v) is 21.2. The van der Waals surface area contributed by atoms with Gasteiger partial charge in [-0.05, 0) is 35.9 Å². The van der Waals surface area contributed by atoms with Gasteiger partial charge in [-0.3, -0.25) is 9.59 Å². The Labute approximate surface area is 228 Å². The van der Waals surface area contributed by atoms with Crippen LogP contribution in [0.2, 0.25) is 0 Å². The largest absolute Gasteiger partial charge is 0.454 e. The Morgan fingerprint density at radius 1 is 0.925 bits per heavy atom. The van der Waals surface area contributed by atoms with Gasteiger partial charge < -0.3 is 19.7 Å². The van der Waals surface area contributed by atoms with Gasteiger partial charge in [0.1, 0.15) is 23.9 Å². The molecule has 1 atom stereocenters. The van der Waals surface area contributed by atoms with Crippen molar-refractivity contribution in [3.63, 3.8) is 0 Å². The molecule has 6 rings (SSSR count).